The van der Waals surface area contributed by atoms with Gasteiger partial charge in [-0.3, -0.25) is 4.79 Å². The summed E-state index contributed by atoms with van der Waals surface area (Å²) >= 11 is 0. The van der Waals surface area contributed by atoms with Crippen LogP contribution >= 0.6 is 0 Å². The Balaban J connectivity index is 1.73. The third kappa shape index (κ3) is 2.04. The summed E-state index contributed by atoms with van der Waals surface area (Å²) in [5.74, 6) is 3.09. The number of hydrogen-bond donors (Lipinski definition) is 3. The Hall–Kier alpha value is -0.890. The lowest BCUT2D eigenvalue weighted by Gasteiger charge is -2.60. The first-order chi connectivity index (χ1) is 11.7. The first-order valence-corrected chi connectivity index (χ1v) is 9.76. The summed E-state index contributed by atoms with van der Waals surface area (Å²) < 4.78 is 0. The lowest BCUT2D eigenvalue weighted by Crippen LogP contribution is -2.60. The number of hydrogen-bond acceptors (Lipinski definition) is 4. The molecule has 0 spiro atoms. The Kier molecular flexibility index (Phi) is 3.72. The molecule has 0 radical (unpaired) electrons. The molecule has 4 saturated carbocycles. The van der Waals surface area contributed by atoms with Gasteiger partial charge in [-0.15, -0.1) is 6.42 Å². The molecule has 4 heteroatoms. The quantitative estimate of drug-likeness (QED) is 0.586. The van der Waals surface area contributed by atoms with Crippen LogP contribution in [0.3, 0.4) is 0 Å². The van der Waals surface area contributed by atoms with Crippen molar-refractivity contribution < 1.29 is 20.1 Å². The van der Waals surface area contributed by atoms with Gasteiger partial charge in [-0.05, 0) is 61.7 Å². The lowest BCUT2D eigenvalue weighted by molar-refractivity contribution is -0.168. The van der Waals surface area contributed by atoms with Gasteiger partial charge in [0.25, 0.3) is 0 Å². The number of carbonyl (C=O) groups excluding carboxylic acids is 1. The van der Waals surface area contributed by atoms with E-state index in [1.165, 1.54) is 0 Å². The SMILES string of the molecule is C#CC1(O)C(O)C[C@H]2[C@@H]3C(=O)CC4CC(O)CC[C@]4(C)[C@@H]3CC[C@@]21C. The third-order valence-corrected chi connectivity index (χ3v) is 8.88. The number of ketones is 1. The maximum Gasteiger partial charge on any atom is 0.156 e. The average molecular weight is 346 g/mol. The predicted molar refractivity (Wildman–Crippen MR) is 93.3 cm³/mol. The zero-order chi connectivity index (χ0) is 18.2. The van der Waals surface area contributed by atoms with E-state index in [0.717, 1.165) is 32.1 Å². The normalized spacial score (nSPS) is 58.0. The van der Waals surface area contributed by atoms with Crippen LogP contribution in [0, 0.1) is 46.8 Å². The van der Waals surface area contributed by atoms with Crippen molar-refractivity contribution in [1.82, 2.24) is 0 Å². The Morgan fingerprint density at radius 1 is 1.12 bits per heavy atom. The Morgan fingerprint density at radius 2 is 1.84 bits per heavy atom. The van der Waals surface area contributed by atoms with E-state index in [1.807, 2.05) is 6.92 Å². The highest BCUT2D eigenvalue weighted by atomic mass is 16.3. The van der Waals surface area contributed by atoms with Gasteiger partial charge in [0, 0.05) is 17.8 Å². The predicted octanol–water partition coefficient (Wildman–Crippen LogP) is 1.90. The number of terminal acetylenes is 1. The maximum absolute atomic E-state index is 13.1. The highest BCUT2D eigenvalue weighted by Gasteiger charge is 2.69. The van der Waals surface area contributed by atoms with Crippen molar-refractivity contribution in [3.8, 4) is 12.3 Å². The van der Waals surface area contributed by atoms with Crippen LogP contribution in [0.1, 0.15) is 58.8 Å². The largest absolute Gasteiger partial charge is 0.393 e. The first kappa shape index (κ1) is 17.5. The molecule has 0 aromatic heterocycles. The van der Waals surface area contributed by atoms with E-state index in [2.05, 4.69) is 12.8 Å². The molecule has 3 N–H and O–H groups in total. The first-order valence-electron chi connectivity index (χ1n) is 9.76. The molecule has 25 heavy (non-hydrogen) atoms. The molecule has 4 aliphatic rings. The van der Waals surface area contributed by atoms with Crippen LogP contribution in [-0.2, 0) is 4.79 Å². The van der Waals surface area contributed by atoms with Crippen molar-refractivity contribution in [2.75, 3.05) is 0 Å². The van der Waals surface area contributed by atoms with Gasteiger partial charge in [-0.2, -0.15) is 0 Å². The minimum atomic E-state index is -1.54. The number of rotatable bonds is 0. The van der Waals surface area contributed by atoms with E-state index >= 15 is 0 Å². The summed E-state index contributed by atoms with van der Waals surface area (Å²) in [6.45, 7) is 4.27. The molecule has 138 valence electrons. The van der Waals surface area contributed by atoms with Gasteiger partial charge in [0.15, 0.2) is 5.60 Å². The summed E-state index contributed by atoms with van der Waals surface area (Å²) in [4.78, 5) is 13.1. The summed E-state index contributed by atoms with van der Waals surface area (Å²) in [5, 5.41) is 31.6. The Bertz CT molecular complexity index is 638. The van der Waals surface area contributed by atoms with Crippen LogP contribution in [0.2, 0.25) is 0 Å². The zero-order valence-corrected chi connectivity index (χ0v) is 15.2. The van der Waals surface area contributed by atoms with E-state index in [9.17, 15) is 20.1 Å². The van der Waals surface area contributed by atoms with Crippen molar-refractivity contribution in [2.24, 2.45) is 34.5 Å². The second-order valence-electron chi connectivity index (χ2n) is 9.66. The third-order valence-electron chi connectivity index (χ3n) is 8.88. The van der Waals surface area contributed by atoms with E-state index in [4.69, 9.17) is 6.42 Å². The summed E-state index contributed by atoms with van der Waals surface area (Å²) in [5.41, 5.74) is -2.07. The standard InChI is InChI=1S/C21H30O4/c1-4-21(25)17(24)11-15-18-14(6-8-20(15,21)3)19(2)7-5-13(22)9-12(19)10-16(18)23/h1,12-15,17-18,22,24-25H,5-11H2,2-3H3/t12?,13?,14-,15+,17?,18-,19+,20+,21?/m1/s1. The monoisotopic (exact) mass is 346 g/mol. The Morgan fingerprint density at radius 3 is 2.52 bits per heavy atom. The smallest absolute Gasteiger partial charge is 0.156 e. The molecule has 9 atom stereocenters. The van der Waals surface area contributed by atoms with Crippen LogP contribution in [0.5, 0.6) is 0 Å². The van der Waals surface area contributed by atoms with Gasteiger partial charge < -0.3 is 15.3 Å². The topological polar surface area (TPSA) is 77.8 Å². The van der Waals surface area contributed by atoms with E-state index < -0.39 is 17.1 Å². The molecule has 4 rings (SSSR count). The van der Waals surface area contributed by atoms with Crippen LogP contribution in [0.25, 0.3) is 0 Å². The van der Waals surface area contributed by atoms with Crippen molar-refractivity contribution in [1.29, 1.82) is 0 Å². The molecule has 0 heterocycles. The van der Waals surface area contributed by atoms with Gasteiger partial charge in [0.1, 0.15) is 5.78 Å². The maximum atomic E-state index is 13.1. The number of aliphatic hydroxyl groups excluding tert-OH is 2. The van der Waals surface area contributed by atoms with Gasteiger partial charge in [0.05, 0.1) is 12.2 Å². The molecule has 4 nitrogen and oxygen atoms in total. The molecule has 4 aliphatic carbocycles. The molecule has 0 amide bonds. The van der Waals surface area contributed by atoms with E-state index in [0.29, 0.717) is 12.8 Å². The molecule has 0 aromatic rings. The fourth-order valence-corrected chi connectivity index (χ4v) is 7.20. The molecular weight excluding hydrogens is 316 g/mol. The number of aliphatic hydroxyl groups is 3. The Labute approximate surface area is 150 Å². The zero-order valence-electron chi connectivity index (χ0n) is 15.2. The highest BCUT2D eigenvalue weighted by Crippen LogP contribution is 2.67. The van der Waals surface area contributed by atoms with Crippen LogP contribution in [-0.4, -0.2) is 38.9 Å². The van der Waals surface area contributed by atoms with Crippen LogP contribution < -0.4 is 0 Å². The number of fused-ring (bicyclic) bond motifs is 5. The molecule has 0 bridgehead atoms. The second-order valence-corrected chi connectivity index (χ2v) is 9.66. The molecule has 4 fully saturated rings. The van der Waals surface area contributed by atoms with Crippen molar-refractivity contribution in [3.63, 3.8) is 0 Å². The molecule has 0 aromatic carbocycles. The van der Waals surface area contributed by atoms with Crippen molar-refractivity contribution in [2.45, 2.75) is 76.6 Å². The number of Topliss-reactive ketones (excluding diaryl/α,β-unsaturated/α-hetero) is 1. The molecule has 4 unspecified atom stereocenters. The average Bonchev–Trinajstić information content (AvgIpc) is 2.77. The number of carbonyl (C=O) groups is 1. The summed E-state index contributed by atoms with van der Waals surface area (Å²) in [7, 11) is 0. The van der Waals surface area contributed by atoms with Crippen molar-refractivity contribution >= 4 is 5.78 Å². The molecular formula is C21H30O4. The van der Waals surface area contributed by atoms with Gasteiger partial charge in [-0.25, -0.2) is 0 Å². The molecule has 0 aliphatic heterocycles. The van der Waals surface area contributed by atoms with Crippen molar-refractivity contribution in [3.05, 3.63) is 0 Å². The van der Waals surface area contributed by atoms with Crippen LogP contribution in [0.15, 0.2) is 0 Å². The molecule has 0 saturated heterocycles. The minimum Gasteiger partial charge on any atom is -0.393 e. The van der Waals surface area contributed by atoms with Crippen LogP contribution in [0.4, 0.5) is 0 Å². The fourth-order valence-electron chi connectivity index (χ4n) is 7.20. The highest BCUT2D eigenvalue weighted by molar-refractivity contribution is 5.83. The van der Waals surface area contributed by atoms with E-state index in [-0.39, 0.29) is 41.0 Å². The second kappa shape index (κ2) is 5.31. The minimum absolute atomic E-state index is 0.0561. The summed E-state index contributed by atoms with van der Waals surface area (Å²) in [6, 6.07) is 0. The summed E-state index contributed by atoms with van der Waals surface area (Å²) in [6.07, 6.45) is 9.42. The lowest BCUT2D eigenvalue weighted by atomic mass is 9.44. The van der Waals surface area contributed by atoms with Gasteiger partial charge in [0.2, 0.25) is 0 Å². The van der Waals surface area contributed by atoms with Gasteiger partial charge >= 0.3 is 0 Å². The van der Waals surface area contributed by atoms with Gasteiger partial charge in [-0.1, -0.05) is 19.8 Å². The van der Waals surface area contributed by atoms with E-state index in [1.54, 1.807) is 0 Å². The fraction of sp³-hybridized carbons (Fsp3) is 0.857.